The van der Waals surface area contributed by atoms with Crippen LogP contribution in [0, 0.1) is 5.82 Å². The standard InChI is InChI=1S/C19H19F3N2O4S/c1-29(27,28)23-17-16(24(18(25)26)11-19(17,21)22)9-12-4-2-5-13(8-12)14-6-3-7-15(20)10-14/h2-8,10,16-17,23H,9,11H2,1H3,(H,25,26)/t16-,17+/m0/s1. The number of nitrogens with one attached hydrogen (secondary N) is 1. The second-order valence-electron chi connectivity index (χ2n) is 7.02. The van der Waals surface area contributed by atoms with Crippen LogP contribution in [0.3, 0.4) is 0 Å². The molecule has 0 spiro atoms. The SMILES string of the molecule is CS(=O)(=O)N[C@@H]1[C@H](Cc2cccc(-c3cccc(F)c3)c2)N(C(=O)O)CC1(F)F. The van der Waals surface area contributed by atoms with Crippen LogP contribution in [0.1, 0.15) is 5.56 Å². The van der Waals surface area contributed by atoms with Crippen LogP contribution in [0.4, 0.5) is 18.0 Å². The van der Waals surface area contributed by atoms with E-state index >= 15 is 0 Å². The zero-order valence-electron chi connectivity index (χ0n) is 15.3. The van der Waals surface area contributed by atoms with Gasteiger partial charge in [-0.2, -0.15) is 0 Å². The molecule has 3 rings (SSSR count). The summed E-state index contributed by atoms with van der Waals surface area (Å²) in [6.07, 6.45) is -0.958. The molecule has 1 aliphatic rings. The van der Waals surface area contributed by atoms with Gasteiger partial charge >= 0.3 is 6.09 Å². The number of hydrogen-bond donors (Lipinski definition) is 2. The molecule has 0 unspecified atom stereocenters. The maximum Gasteiger partial charge on any atom is 0.407 e. The topological polar surface area (TPSA) is 86.7 Å². The van der Waals surface area contributed by atoms with Gasteiger partial charge in [0, 0.05) is 0 Å². The van der Waals surface area contributed by atoms with E-state index < -0.39 is 46.5 Å². The smallest absolute Gasteiger partial charge is 0.407 e. The predicted octanol–water partition coefficient (Wildman–Crippen LogP) is 2.95. The third-order valence-electron chi connectivity index (χ3n) is 4.74. The Morgan fingerprint density at radius 2 is 1.83 bits per heavy atom. The summed E-state index contributed by atoms with van der Waals surface area (Å²) in [6.45, 7) is -1.11. The number of hydrogen-bond acceptors (Lipinski definition) is 3. The molecule has 1 amide bonds. The number of nitrogens with zero attached hydrogens (tertiary/aromatic N) is 1. The summed E-state index contributed by atoms with van der Waals surface area (Å²) in [6, 6.07) is 9.25. The van der Waals surface area contributed by atoms with Gasteiger partial charge in [0.1, 0.15) is 11.9 Å². The minimum Gasteiger partial charge on any atom is -0.465 e. The van der Waals surface area contributed by atoms with Crippen LogP contribution in [0.5, 0.6) is 0 Å². The van der Waals surface area contributed by atoms with Gasteiger partial charge in [-0.25, -0.2) is 31.1 Å². The van der Waals surface area contributed by atoms with Crippen molar-refractivity contribution in [1.29, 1.82) is 0 Å². The highest BCUT2D eigenvalue weighted by Gasteiger charge is 2.57. The van der Waals surface area contributed by atoms with Gasteiger partial charge in [-0.05, 0) is 35.2 Å². The highest BCUT2D eigenvalue weighted by Crippen LogP contribution is 2.35. The van der Waals surface area contributed by atoms with Crippen molar-refractivity contribution >= 4 is 16.1 Å². The maximum atomic E-state index is 14.4. The molecule has 2 aromatic rings. The number of alkyl halides is 2. The zero-order valence-corrected chi connectivity index (χ0v) is 16.2. The molecule has 0 saturated carbocycles. The Morgan fingerprint density at radius 1 is 1.21 bits per heavy atom. The monoisotopic (exact) mass is 428 g/mol. The van der Waals surface area contributed by atoms with E-state index in [2.05, 4.69) is 0 Å². The fourth-order valence-electron chi connectivity index (χ4n) is 3.52. The van der Waals surface area contributed by atoms with Crippen LogP contribution in [0.25, 0.3) is 11.1 Å². The number of rotatable bonds is 5. The third-order valence-corrected chi connectivity index (χ3v) is 5.42. The molecule has 2 aromatic carbocycles. The molecular weight excluding hydrogens is 409 g/mol. The molecule has 1 heterocycles. The highest BCUT2D eigenvalue weighted by atomic mass is 32.2. The van der Waals surface area contributed by atoms with Gasteiger partial charge in [0.15, 0.2) is 0 Å². The first-order chi connectivity index (χ1) is 13.5. The molecule has 2 N–H and O–H groups in total. The lowest BCUT2D eigenvalue weighted by Crippen LogP contribution is -2.52. The molecule has 0 radical (unpaired) electrons. The predicted molar refractivity (Wildman–Crippen MR) is 101 cm³/mol. The van der Waals surface area contributed by atoms with E-state index in [0.29, 0.717) is 21.6 Å². The Kier molecular flexibility index (Phi) is 5.59. The average Bonchev–Trinajstić information content (AvgIpc) is 2.85. The number of halogens is 3. The van der Waals surface area contributed by atoms with Crippen LogP contribution >= 0.6 is 0 Å². The Hall–Kier alpha value is -2.59. The fourth-order valence-corrected chi connectivity index (χ4v) is 4.32. The van der Waals surface area contributed by atoms with Crippen molar-refractivity contribution in [3.05, 3.63) is 59.9 Å². The second-order valence-corrected chi connectivity index (χ2v) is 8.80. The first-order valence-corrected chi connectivity index (χ1v) is 10.5. The second kappa shape index (κ2) is 7.68. The Morgan fingerprint density at radius 3 is 2.41 bits per heavy atom. The lowest BCUT2D eigenvalue weighted by atomic mass is 9.96. The molecule has 156 valence electrons. The molecule has 1 fully saturated rings. The van der Waals surface area contributed by atoms with E-state index in [1.54, 1.807) is 30.3 Å². The van der Waals surface area contributed by atoms with Crippen LogP contribution in [0.15, 0.2) is 48.5 Å². The first kappa shape index (κ1) is 21.1. The van der Waals surface area contributed by atoms with Gasteiger partial charge in [-0.1, -0.05) is 36.4 Å². The molecule has 29 heavy (non-hydrogen) atoms. The van der Waals surface area contributed by atoms with E-state index in [0.717, 1.165) is 6.26 Å². The molecule has 1 aliphatic heterocycles. The quantitative estimate of drug-likeness (QED) is 0.767. The molecular formula is C19H19F3N2O4S. The van der Waals surface area contributed by atoms with Crippen LogP contribution in [0.2, 0.25) is 0 Å². The average molecular weight is 428 g/mol. The Balaban J connectivity index is 1.95. The molecule has 10 heteroatoms. The van der Waals surface area contributed by atoms with E-state index in [1.165, 1.54) is 18.2 Å². The Bertz CT molecular complexity index is 1030. The molecule has 6 nitrogen and oxygen atoms in total. The van der Waals surface area contributed by atoms with Gasteiger partial charge < -0.3 is 5.11 Å². The van der Waals surface area contributed by atoms with E-state index in [1.807, 2.05) is 4.72 Å². The molecule has 1 saturated heterocycles. The molecule has 2 atom stereocenters. The largest absolute Gasteiger partial charge is 0.465 e. The van der Waals surface area contributed by atoms with E-state index in [4.69, 9.17) is 0 Å². The van der Waals surface area contributed by atoms with Gasteiger partial charge in [-0.3, -0.25) is 4.90 Å². The van der Waals surface area contributed by atoms with Gasteiger partial charge in [0.2, 0.25) is 10.0 Å². The number of carboxylic acid groups (broad SMARTS) is 1. The van der Waals surface area contributed by atoms with Crippen LogP contribution in [-0.2, 0) is 16.4 Å². The summed E-state index contributed by atoms with van der Waals surface area (Å²) < 4.78 is 67.4. The van der Waals surface area contributed by atoms with Crippen molar-refractivity contribution in [2.24, 2.45) is 0 Å². The number of benzene rings is 2. The normalized spacial score (nSPS) is 21.3. The van der Waals surface area contributed by atoms with Crippen molar-refractivity contribution < 1.29 is 31.5 Å². The minimum absolute atomic E-state index is 0.141. The number of carbonyl (C=O) groups is 1. The fraction of sp³-hybridized carbons (Fsp3) is 0.316. The minimum atomic E-state index is -4.00. The van der Waals surface area contributed by atoms with E-state index in [9.17, 15) is 31.5 Å². The van der Waals surface area contributed by atoms with Crippen molar-refractivity contribution in [3.63, 3.8) is 0 Å². The lowest BCUT2D eigenvalue weighted by Gasteiger charge is -2.26. The van der Waals surface area contributed by atoms with Crippen LogP contribution in [-0.4, -0.2) is 55.3 Å². The Labute approximate surface area is 166 Å². The van der Waals surface area contributed by atoms with E-state index in [-0.39, 0.29) is 6.42 Å². The third kappa shape index (κ3) is 4.88. The lowest BCUT2D eigenvalue weighted by molar-refractivity contribution is -0.00558. The maximum absolute atomic E-state index is 14.4. The molecule has 0 aliphatic carbocycles. The van der Waals surface area contributed by atoms with Crippen molar-refractivity contribution in [3.8, 4) is 11.1 Å². The number of amides is 1. The summed E-state index contributed by atoms with van der Waals surface area (Å²) in [7, 11) is -4.00. The number of sulfonamides is 1. The zero-order chi connectivity index (χ0) is 21.4. The van der Waals surface area contributed by atoms with Gasteiger partial charge in [0.05, 0.1) is 18.8 Å². The summed E-state index contributed by atoms with van der Waals surface area (Å²) in [5, 5.41) is 9.35. The van der Waals surface area contributed by atoms with Gasteiger partial charge in [0.25, 0.3) is 5.92 Å². The van der Waals surface area contributed by atoms with Crippen LogP contribution < -0.4 is 4.72 Å². The summed E-state index contributed by atoms with van der Waals surface area (Å²) in [5.74, 6) is -4.00. The van der Waals surface area contributed by atoms with Gasteiger partial charge in [-0.15, -0.1) is 0 Å². The van der Waals surface area contributed by atoms with Crippen molar-refractivity contribution in [1.82, 2.24) is 9.62 Å². The summed E-state index contributed by atoms with van der Waals surface area (Å²) >= 11 is 0. The summed E-state index contributed by atoms with van der Waals surface area (Å²) in [4.78, 5) is 12.1. The van der Waals surface area contributed by atoms with Crippen molar-refractivity contribution in [2.45, 2.75) is 24.4 Å². The van der Waals surface area contributed by atoms with Crippen molar-refractivity contribution in [2.75, 3.05) is 12.8 Å². The molecule has 0 aromatic heterocycles. The first-order valence-electron chi connectivity index (χ1n) is 8.66. The highest BCUT2D eigenvalue weighted by molar-refractivity contribution is 7.88. The summed E-state index contributed by atoms with van der Waals surface area (Å²) in [5.41, 5.74) is 1.71. The number of likely N-dealkylation sites (tertiary alicyclic amines) is 1. The molecule has 0 bridgehead atoms.